The molecule has 2 rings (SSSR count). The van der Waals surface area contributed by atoms with E-state index >= 15 is 0 Å². The van der Waals surface area contributed by atoms with Crippen molar-refractivity contribution in [2.75, 3.05) is 25.6 Å². The highest BCUT2D eigenvalue weighted by Gasteiger charge is 2.09. The number of methoxy groups -OCH3 is 1. The van der Waals surface area contributed by atoms with Gasteiger partial charge in [-0.25, -0.2) is 9.97 Å². The lowest BCUT2D eigenvalue weighted by Crippen LogP contribution is -2.24. The third-order valence-electron chi connectivity index (χ3n) is 2.91. The molecule has 1 heterocycles. The molecule has 0 aliphatic heterocycles. The van der Waals surface area contributed by atoms with E-state index in [9.17, 15) is 4.79 Å². The summed E-state index contributed by atoms with van der Waals surface area (Å²) < 4.78 is 4.94. The molecule has 0 saturated heterocycles. The molecule has 0 bridgehead atoms. The minimum atomic E-state index is -0.280. The molecule has 0 saturated carbocycles. The second kappa shape index (κ2) is 8.31. The molecule has 0 spiro atoms. The Balaban J connectivity index is 1.95. The van der Waals surface area contributed by atoms with Gasteiger partial charge in [-0.15, -0.1) is 0 Å². The minimum absolute atomic E-state index is 0.280. The maximum absolute atomic E-state index is 12.1. The lowest BCUT2D eigenvalue weighted by Gasteiger charge is -2.08. The lowest BCUT2D eigenvalue weighted by atomic mass is 10.2. The monoisotopic (exact) mass is 320 g/mol. The first kappa shape index (κ1) is 16.2. The number of rotatable bonds is 7. The van der Waals surface area contributed by atoms with Crippen LogP contribution in [0.5, 0.6) is 0 Å². The quantitative estimate of drug-likeness (QED) is 0.764. The number of carbonyl (C=O) groups is 1. The van der Waals surface area contributed by atoms with E-state index in [1.807, 2.05) is 18.2 Å². The van der Waals surface area contributed by atoms with Crippen molar-refractivity contribution in [2.24, 2.45) is 0 Å². The van der Waals surface area contributed by atoms with Crippen LogP contribution in [0.15, 0.2) is 36.7 Å². The number of halogens is 1. The summed E-state index contributed by atoms with van der Waals surface area (Å²) in [6.07, 6.45) is 1.35. The third-order valence-corrected chi connectivity index (χ3v) is 3.28. The van der Waals surface area contributed by atoms with Crippen molar-refractivity contribution in [2.45, 2.75) is 6.54 Å². The SMILES string of the molecule is COCCNc1cc(C(=O)NCc2ccccc2Cl)ncn1. The Labute approximate surface area is 133 Å². The summed E-state index contributed by atoms with van der Waals surface area (Å²) in [5.41, 5.74) is 1.15. The van der Waals surface area contributed by atoms with E-state index in [1.54, 1.807) is 19.2 Å². The Morgan fingerprint density at radius 3 is 2.91 bits per heavy atom. The molecule has 0 atom stereocenters. The van der Waals surface area contributed by atoms with Gasteiger partial charge in [-0.1, -0.05) is 29.8 Å². The van der Waals surface area contributed by atoms with E-state index in [0.717, 1.165) is 5.56 Å². The summed E-state index contributed by atoms with van der Waals surface area (Å²) >= 11 is 6.05. The van der Waals surface area contributed by atoms with Crippen LogP contribution >= 0.6 is 11.6 Å². The molecule has 0 unspecified atom stereocenters. The summed E-state index contributed by atoms with van der Waals surface area (Å²) in [4.78, 5) is 20.1. The lowest BCUT2D eigenvalue weighted by molar-refractivity contribution is 0.0946. The number of hydrogen-bond acceptors (Lipinski definition) is 5. The van der Waals surface area contributed by atoms with Crippen LogP contribution in [0.1, 0.15) is 16.1 Å². The molecule has 1 aromatic carbocycles. The van der Waals surface area contributed by atoms with Gasteiger partial charge in [0.05, 0.1) is 6.61 Å². The minimum Gasteiger partial charge on any atom is -0.383 e. The van der Waals surface area contributed by atoms with Gasteiger partial charge >= 0.3 is 0 Å². The highest BCUT2D eigenvalue weighted by atomic mass is 35.5. The number of carbonyl (C=O) groups excluding carboxylic acids is 1. The zero-order chi connectivity index (χ0) is 15.8. The number of aromatic nitrogens is 2. The fourth-order valence-electron chi connectivity index (χ4n) is 1.77. The van der Waals surface area contributed by atoms with Crippen LogP contribution in [-0.2, 0) is 11.3 Å². The molecule has 2 N–H and O–H groups in total. The van der Waals surface area contributed by atoms with Gasteiger partial charge in [0.15, 0.2) is 0 Å². The molecule has 1 aromatic heterocycles. The summed E-state index contributed by atoms with van der Waals surface area (Å²) in [6.45, 7) is 1.50. The largest absolute Gasteiger partial charge is 0.383 e. The van der Waals surface area contributed by atoms with Gasteiger partial charge in [0.1, 0.15) is 17.8 Å². The Hall–Kier alpha value is -2.18. The first-order valence-electron chi connectivity index (χ1n) is 6.77. The van der Waals surface area contributed by atoms with Crippen molar-refractivity contribution in [1.82, 2.24) is 15.3 Å². The summed E-state index contributed by atoms with van der Waals surface area (Å²) in [6, 6.07) is 8.95. The average Bonchev–Trinajstić information content (AvgIpc) is 2.54. The van der Waals surface area contributed by atoms with Crippen LogP contribution in [0.25, 0.3) is 0 Å². The number of amides is 1. The van der Waals surface area contributed by atoms with E-state index in [0.29, 0.717) is 36.2 Å². The molecule has 22 heavy (non-hydrogen) atoms. The predicted octanol–water partition coefficient (Wildman–Crippen LogP) is 2.12. The molecule has 2 aromatic rings. The van der Waals surface area contributed by atoms with Crippen molar-refractivity contribution in [3.05, 3.63) is 52.9 Å². The molecule has 116 valence electrons. The van der Waals surface area contributed by atoms with E-state index in [2.05, 4.69) is 20.6 Å². The van der Waals surface area contributed by atoms with Gasteiger partial charge in [-0.2, -0.15) is 0 Å². The normalized spacial score (nSPS) is 10.3. The van der Waals surface area contributed by atoms with Crippen LogP contribution in [0.2, 0.25) is 5.02 Å². The van der Waals surface area contributed by atoms with Crippen molar-refractivity contribution in [3.63, 3.8) is 0 Å². The molecule has 0 radical (unpaired) electrons. The van der Waals surface area contributed by atoms with E-state index in [-0.39, 0.29) is 5.91 Å². The molecule has 0 fully saturated rings. The Morgan fingerprint density at radius 1 is 1.32 bits per heavy atom. The fraction of sp³-hybridized carbons (Fsp3) is 0.267. The summed E-state index contributed by atoms with van der Waals surface area (Å²) in [7, 11) is 1.62. The molecular formula is C15H17ClN4O2. The topological polar surface area (TPSA) is 76.1 Å². The molecule has 1 amide bonds. The number of ether oxygens (including phenoxy) is 1. The van der Waals surface area contributed by atoms with E-state index < -0.39 is 0 Å². The fourth-order valence-corrected chi connectivity index (χ4v) is 1.97. The van der Waals surface area contributed by atoms with E-state index in [1.165, 1.54) is 6.33 Å². The maximum atomic E-state index is 12.1. The van der Waals surface area contributed by atoms with Crippen molar-refractivity contribution < 1.29 is 9.53 Å². The van der Waals surface area contributed by atoms with Crippen LogP contribution < -0.4 is 10.6 Å². The summed E-state index contributed by atoms with van der Waals surface area (Å²) in [5.74, 6) is 0.298. The Kier molecular flexibility index (Phi) is 6.12. The van der Waals surface area contributed by atoms with Gasteiger partial charge in [-0.05, 0) is 11.6 Å². The molecular weight excluding hydrogens is 304 g/mol. The van der Waals surface area contributed by atoms with Crippen LogP contribution in [0.3, 0.4) is 0 Å². The smallest absolute Gasteiger partial charge is 0.270 e. The zero-order valence-corrected chi connectivity index (χ0v) is 12.9. The Morgan fingerprint density at radius 2 is 2.14 bits per heavy atom. The van der Waals surface area contributed by atoms with Crippen LogP contribution in [0.4, 0.5) is 5.82 Å². The van der Waals surface area contributed by atoms with Crippen molar-refractivity contribution in [1.29, 1.82) is 0 Å². The number of benzene rings is 1. The second-order valence-corrected chi connectivity index (χ2v) is 4.89. The third kappa shape index (κ3) is 4.68. The number of anilines is 1. The zero-order valence-electron chi connectivity index (χ0n) is 12.2. The predicted molar refractivity (Wildman–Crippen MR) is 85.0 cm³/mol. The maximum Gasteiger partial charge on any atom is 0.270 e. The van der Waals surface area contributed by atoms with Gasteiger partial charge in [0.25, 0.3) is 5.91 Å². The van der Waals surface area contributed by atoms with Gasteiger partial charge in [0.2, 0.25) is 0 Å². The number of nitrogens with zero attached hydrogens (tertiary/aromatic N) is 2. The van der Waals surface area contributed by atoms with Crippen molar-refractivity contribution in [3.8, 4) is 0 Å². The molecule has 0 aliphatic rings. The van der Waals surface area contributed by atoms with Gasteiger partial charge in [-0.3, -0.25) is 4.79 Å². The van der Waals surface area contributed by atoms with E-state index in [4.69, 9.17) is 16.3 Å². The number of nitrogens with one attached hydrogen (secondary N) is 2. The van der Waals surface area contributed by atoms with Gasteiger partial charge in [0, 0.05) is 31.3 Å². The molecule has 7 heteroatoms. The van der Waals surface area contributed by atoms with Crippen molar-refractivity contribution >= 4 is 23.3 Å². The highest BCUT2D eigenvalue weighted by molar-refractivity contribution is 6.31. The summed E-state index contributed by atoms with van der Waals surface area (Å²) in [5, 5.41) is 6.45. The van der Waals surface area contributed by atoms with Gasteiger partial charge < -0.3 is 15.4 Å². The van der Waals surface area contributed by atoms with Crippen LogP contribution in [0, 0.1) is 0 Å². The van der Waals surface area contributed by atoms with Crippen LogP contribution in [-0.4, -0.2) is 36.1 Å². The molecule has 0 aliphatic carbocycles. The molecule has 6 nitrogen and oxygen atoms in total. The first-order valence-corrected chi connectivity index (χ1v) is 7.15. The first-order chi connectivity index (χ1) is 10.7. The standard InChI is InChI=1S/C15H17ClN4O2/c1-22-7-6-17-14-8-13(19-10-20-14)15(21)18-9-11-4-2-3-5-12(11)16/h2-5,8,10H,6-7,9H2,1H3,(H,18,21)(H,17,19,20). The average molecular weight is 321 g/mol. The second-order valence-electron chi connectivity index (χ2n) is 4.48. The number of hydrogen-bond donors (Lipinski definition) is 2. The highest BCUT2D eigenvalue weighted by Crippen LogP contribution is 2.14. The Bertz CT molecular complexity index is 636.